The van der Waals surface area contributed by atoms with Gasteiger partial charge in [-0.3, -0.25) is 0 Å². The van der Waals surface area contributed by atoms with Crippen LogP contribution in [0.25, 0.3) is 0 Å². The van der Waals surface area contributed by atoms with Crippen molar-refractivity contribution in [3.8, 4) is 0 Å². The molecule has 0 bridgehead atoms. The number of carboxylic acids is 1. The van der Waals surface area contributed by atoms with Crippen LogP contribution in [0.3, 0.4) is 0 Å². The standard InChI is InChI=1S/C9H10O4.C4H10O.Ca.2H/c1-3-7(4-2)13-9(12)6-5-8(10)11;1-3-5-4-2;;;/h3-7H,1-2H2,(H,10,11);3-4H2,1-2H3;;;/q;;+2;2*-1/b6-5-;;;;. The molecule has 0 saturated heterocycles. The number of carbonyl (C=O) groups excluding carboxylic acids is 1. The Morgan fingerprint density at radius 1 is 1.21 bits per heavy atom. The van der Waals surface area contributed by atoms with Crippen LogP contribution in [0.5, 0.6) is 0 Å². The van der Waals surface area contributed by atoms with Gasteiger partial charge in [-0.2, -0.15) is 0 Å². The average molecular weight is 298 g/mol. The summed E-state index contributed by atoms with van der Waals surface area (Å²) in [7, 11) is 0. The topological polar surface area (TPSA) is 72.8 Å². The van der Waals surface area contributed by atoms with Crippen molar-refractivity contribution in [2.75, 3.05) is 13.2 Å². The van der Waals surface area contributed by atoms with Crippen molar-refractivity contribution in [2.45, 2.75) is 20.0 Å². The molecule has 1 N–H and O–H groups in total. The van der Waals surface area contributed by atoms with Gasteiger partial charge in [-0.05, 0) is 26.0 Å². The molecule has 0 rings (SSSR count). The summed E-state index contributed by atoms with van der Waals surface area (Å²) in [4.78, 5) is 20.8. The first-order chi connectivity index (χ1) is 8.51. The smallest absolute Gasteiger partial charge is 1.00 e. The number of carboxylic acid groups (broad SMARTS) is 1. The molecular formula is C13H22CaO5. The van der Waals surface area contributed by atoms with E-state index in [9.17, 15) is 9.59 Å². The summed E-state index contributed by atoms with van der Waals surface area (Å²) in [5.74, 6) is -1.95. The van der Waals surface area contributed by atoms with Crippen LogP contribution >= 0.6 is 0 Å². The predicted octanol–water partition coefficient (Wildman–Crippen LogP) is 1.80. The largest absolute Gasteiger partial charge is 2.00 e. The molecule has 0 atom stereocenters. The molecule has 0 aliphatic heterocycles. The van der Waals surface area contributed by atoms with E-state index in [1.165, 1.54) is 12.2 Å². The van der Waals surface area contributed by atoms with Crippen molar-refractivity contribution in [1.29, 1.82) is 0 Å². The van der Waals surface area contributed by atoms with Crippen LogP contribution in [-0.4, -0.2) is 74.1 Å². The number of ether oxygens (including phenoxy) is 2. The van der Waals surface area contributed by atoms with Gasteiger partial charge >= 0.3 is 49.7 Å². The molecule has 5 nitrogen and oxygen atoms in total. The predicted molar refractivity (Wildman–Crippen MR) is 77.2 cm³/mol. The number of hydrogen-bond acceptors (Lipinski definition) is 4. The average Bonchev–Trinajstić information content (AvgIpc) is 2.35. The summed E-state index contributed by atoms with van der Waals surface area (Å²) in [6.07, 6.45) is 3.68. The quantitative estimate of drug-likeness (QED) is 0.336. The Bertz CT molecular complexity index is 299. The minimum absolute atomic E-state index is 0. The van der Waals surface area contributed by atoms with E-state index in [1.54, 1.807) is 0 Å². The summed E-state index contributed by atoms with van der Waals surface area (Å²) in [6, 6.07) is 0. The minimum atomic E-state index is -1.20. The Morgan fingerprint density at radius 3 is 1.95 bits per heavy atom. The van der Waals surface area contributed by atoms with E-state index >= 15 is 0 Å². The molecular weight excluding hydrogens is 276 g/mol. The van der Waals surface area contributed by atoms with Crippen molar-refractivity contribution in [1.82, 2.24) is 0 Å². The first kappa shape index (κ1) is 23.5. The zero-order valence-electron chi connectivity index (χ0n) is 13.5. The molecule has 0 fully saturated rings. The molecule has 0 amide bonds. The van der Waals surface area contributed by atoms with Crippen LogP contribution in [0.4, 0.5) is 0 Å². The third-order valence-electron chi connectivity index (χ3n) is 1.49. The van der Waals surface area contributed by atoms with Crippen LogP contribution in [0.1, 0.15) is 16.7 Å². The first-order valence-electron chi connectivity index (χ1n) is 5.46. The van der Waals surface area contributed by atoms with Gasteiger partial charge in [0.1, 0.15) is 6.10 Å². The summed E-state index contributed by atoms with van der Waals surface area (Å²) >= 11 is 0. The number of rotatable bonds is 7. The van der Waals surface area contributed by atoms with Crippen LogP contribution < -0.4 is 0 Å². The van der Waals surface area contributed by atoms with E-state index in [4.69, 9.17) is 9.84 Å². The second-order valence-electron chi connectivity index (χ2n) is 2.83. The monoisotopic (exact) mass is 298 g/mol. The number of aliphatic carboxylic acids is 1. The second-order valence-corrected chi connectivity index (χ2v) is 2.83. The van der Waals surface area contributed by atoms with Gasteiger partial charge < -0.3 is 17.4 Å². The van der Waals surface area contributed by atoms with E-state index in [0.29, 0.717) is 6.08 Å². The summed E-state index contributed by atoms with van der Waals surface area (Å²) in [6.45, 7) is 12.4. The van der Waals surface area contributed by atoms with Crippen molar-refractivity contribution in [2.24, 2.45) is 0 Å². The normalized spacial score (nSPS) is 9.00. The van der Waals surface area contributed by atoms with Gasteiger partial charge in [0, 0.05) is 25.4 Å². The molecule has 0 radical (unpaired) electrons. The number of esters is 1. The maximum absolute atomic E-state index is 10.8. The third-order valence-corrected chi connectivity index (χ3v) is 1.49. The maximum Gasteiger partial charge on any atom is 2.00 e. The van der Waals surface area contributed by atoms with E-state index in [0.717, 1.165) is 19.3 Å². The number of carbonyl (C=O) groups is 2. The summed E-state index contributed by atoms with van der Waals surface area (Å²) in [5, 5.41) is 8.18. The van der Waals surface area contributed by atoms with Crippen molar-refractivity contribution >= 4 is 49.7 Å². The van der Waals surface area contributed by atoms with E-state index in [2.05, 4.69) is 17.9 Å². The van der Waals surface area contributed by atoms with Crippen LogP contribution in [0.2, 0.25) is 0 Å². The van der Waals surface area contributed by atoms with Gasteiger partial charge in [0.05, 0.1) is 0 Å². The van der Waals surface area contributed by atoms with Crippen LogP contribution in [0, 0.1) is 0 Å². The molecule has 6 heteroatoms. The van der Waals surface area contributed by atoms with Gasteiger partial charge in [0.2, 0.25) is 0 Å². The SMILES string of the molecule is C=CC(C=C)OC(=O)/C=C\C(=O)O.CCOCC.[Ca+2].[H-].[H-]. The third kappa shape index (κ3) is 19.9. The minimum Gasteiger partial charge on any atom is -1.00 e. The van der Waals surface area contributed by atoms with Crippen molar-refractivity contribution in [3.05, 3.63) is 37.5 Å². The number of hydrogen-bond donors (Lipinski definition) is 1. The Labute approximate surface area is 146 Å². The van der Waals surface area contributed by atoms with Gasteiger partial charge in [-0.25, -0.2) is 9.59 Å². The van der Waals surface area contributed by atoms with Gasteiger partial charge in [0.25, 0.3) is 0 Å². The fraction of sp³-hybridized carbons (Fsp3) is 0.385. The van der Waals surface area contributed by atoms with E-state index in [1.807, 2.05) is 13.8 Å². The van der Waals surface area contributed by atoms with E-state index in [-0.39, 0.29) is 40.6 Å². The Hall–Kier alpha value is -0.620. The van der Waals surface area contributed by atoms with Crippen molar-refractivity contribution in [3.63, 3.8) is 0 Å². The molecule has 0 aromatic heterocycles. The maximum atomic E-state index is 10.8. The first-order valence-corrected chi connectivity index (χ1v) is 5.46. The fourth-order valence-electron chi connectivity index (χ4n) is 0.709. The van der Waals surface area contributed by atoms with Gasteiger partial charge in [-0.15, -0.1) is 0 Å². The Balaban J connectivity index is -0.0000000933. The van der Waals surface area contributed by atoms with Gasteiger partial charge in [-0.1, -0.05) is 13.2 Å². The zero-order chi connectivity index (χ0) is 14.4. The molecule has 0 aromatic rings. The van der Waals surface area contributed by atoms with E-state index < -0.39 is 18.0 Å². The molecule has 0 heterocycles. The Kier molecular flexibility index (Phi) is 21.5. The van der Waals surface area contributed by atoms with Crippen LogP contribution in [-0.2, 0) is 19.1 Å². The molecule has 0 aromatic carbocycles. The molecule has 0 aliphatic rings. The molecule has 19 heavy (non-hydrogen) atoms. The molecule has 0 spiro atoms. The molecule has 0 saturated carbocycles. The summed E-state index contributed by atoms with van der Waals surface area (Å²) in [5.41, 5.74) is 0. The summed E-state index contributed by atoms with van der Waals surface area (Å²) < 4.78 is 9.51. The molecule has 0 aliphatic carbocycles. The molecule has 106 valence electrons. The zero-order valence-corrected chi connectivity index (χ0v) is 13.7. The molecule has 0 unspecified atom stereocenters. The fourth-order valence-corrected chi connectivity index (χ4v) is 0.709. The van der Waals surface area contributed by atoms with Crippen molar-refractivity contribution < 1.29 is 27.0 Å². The van der Waals surface area contributed by atoms with Crippen LogP contribution in [0.15, 0.2) is 37.5 Å². The Morgan fingerprint density at radius 2 is 1.68 bits per heavy atom. The second kappa shape index (κ2) is 17.4. The van der Waals surface area contributed by atoms with Gasteiger partial charge in [0.15, 0.2) is 0 Å².